The third kappa shape index (κ3) is 2.53. The summed E-state index contributed by atoms with van der Waals surface area (Å²) in [5.74, 6) is 0.0758. The Morgan fingerprint density at radius 3 is 2.71 bits per heavy atom. The predicted octanol–water partition coefficient (Wildman–Crippen LogP) is 3.28. The maximum atomic E-state index is 12.2. The molecule has 5 heteroatoms. The minimum Gasteiger partial charge on any atom is -0.338 e. The number of amides is 1. The Morgan fingerprint density at radius 2 is 2.24 bits per heavy atom. The molecule has 1 saturated heterocycles. The van der Waals surface area contributed by atoms with E-state index in [0.29, 0.717) is 13.1 Å². The van der Waals surface area contributed by atoms with E-state index >= 15 is 0 Å². The van der Waals surface area contributed by atoms with E-state index in [0.717, 1.165) is 22.2 Å². The summed E-state index contributed by atoms with van der Waals surface area (Å²) in [6, 6.07) is 4.23. The van der Waals surface area contributed by atoms with Crippen molar-refractivity contribution in [3.8, 4) is 6.07 Å². The average molecular weight is 313 g/mol. The van der Waals surface area contributed by atoms with Crippen LogP contribution in [0.2, 0.25) is 0 Å². The Bertz CT molecular complexity index is 469. The van der Waals surface area contributed by atoms with Gasteiger partial charge in [0.25, 0.3) is 5.91 Å². The quantitative estimate of drug-likeness (QED) is 0.798. The zero-order chi connectivity index (χ0) is 12.5. The standard InChI is InChI=1S/C12H13BrN2OS/c1-12(8-14)3-5-15(6-4-12)11(16)10-9(13)2-7-17-10/h2,7H,3-6H2,1H3. The summed E-state index contributed by atoms with van der Waals surface area (Å²) in [5.41, 5.74) is -0.260. The second-order valence-electron chi connectivity index (χ2n) is 4.56. The molecule has 1 aromatic heterocycles. The molecule has 0 aromatic carbocycles. The van der Waals surface area contributed by atoms with E-state index < -0.39 is 0 Å². The summed E-state index contributed by atoms with van der Waals surface area (Å²) in [6.45, 7) is 3.32. The Kier molecular flexibility index (Phi) is 3.55. The lowest BCUT2D eigenvalue weighted by atomic mass is 9.82. The summed E-state index contributed by atoms with van der Waals surface area (Å²) in [7, 11) is 0. The first-order valence-electron chi connectivity index (χ1n) is 5.49. The van der Waals surface area contributed by atoms with Crippen LogP contribution in [0.4, 0.5) is 0 Å². The largest absolute Gasteiger partial charge is 0.338 e. The Balaban J connectivity index is 2.06. The van der Waals surface area contributed by atoms with Gasteiger partial charge >= 0.3 is 0 Å². The molecule has 1 aliphatic rings. The summed E-state index contributed by atoms with van der Waals surface area (Å²) in [4.78, 5) is 14.8. The fraction of sp³-hybridized carbons (Fsp3) is 0.500. The van der Waals surface area contributed by atoms with Crippen molar-refractivity contribution in [2.45, 2.75) is 19.8 Å². The lowest BCUT2D eigenvalue weighted by molar-refractivity contribution is 0.0666. The number of halogens is 1. The van der Waals surface area contributed by atoms with Gasteiger partial charge in [-0.05, 0) is 47.1 Å². The molecule has 0 atom stereocenters. The molecular formula is C12H13BrN2OS. The highest BCUT2D eigenvalue weighted by atomic mass is 79.9. The first-order valence-corrected chi connectivity index (χ1v) is 7.16. The van der Waals surface area contributed by atoms with Crippen LogP contribution in [0.5, 0.6) is 0 Å². The van der Waals surface area contributed by atoms with E-state index in [1.807, 2.05) is 23.3 Å². The average Bonchev–Trinajstić information content (AvgIpc) is 2.76. The first-order chi connectivity index (χ1) is 8.06. The van der Waals surface area contributed by atoms with Gasteiger partial charge in [0.15, 0.2) is 0 Å². The monoisotopic (exact) mass is 312 g/mol. The molecule has 0 radical (unpaired) electrons. The van der Waals surface area contributed by atoms with Gasteiger partial charge in [-0.25, -0.2) is 0 Å². The highest BCUT2D eigenvalue weighted by molar-refractivity contribution is 9.10. The van der Waals surface area contributed by atoms with Crippen LogP contribution < -0.4 is 0 Å². The number of carbonyl (C=O) groups excluding carboxylic acids is 1. The van der Waals surface area contributed by atoms with E-state index in [1.54, 1.807) is 0 Å². The molecule has 0 spiro atoms. The summed E-state index contributed by atoms with van der Waals surface area (Å²) >= 11 is 4.83. The van der Waals surface area contributed by atoms with Gasteiger partial charge in [0.1, 0.15) is 4.88 Å². The zero-order valence-corrected chi connectivity index (χ0v) is 12.0. The molecule has 2 rings (SSSR count). The van der Waals surface area contributed by atoms with Gasteiger partial charge < -0.3 is 4.90 Å². The smallest absolute Gasteiger partial charge is 0.265 e. The van der Waals surface area contributed by atoms with Crippen LogP contribution >= 0.6 is 27.3 Å². The van der Waals surface area contributed by atoms with Crippen LogP contribution in [0.1, 0.15) is 29.4 Å². The number of hydrogen-bond acceptors (Lipinski definition) is 3. The summed E-state index contributed by atoms with van der Waals surface area (Å²) in [5, 5.41) is 10.9. The third-order valence-corrected chi connectivity index (χ3v) is 5.06. The molecule has 1 fully saturated rings. The molecule has 1 amide bonds. The summed E-state index contributed by atoms with van der Waals surface area (Å²) in [6.07, 6.45) is 1.52. The van der Waals surface area contributed by atoms with Gasteiger partial charge in [0.2, 0.25) is 0 Å². The molecule has 1 aromatic rings. The minimum absolute atomic E-state index is 0.0758. The molecule has 0 bridgehead atoms. The van der Waals surface area contributed by atoms with Crippen molar-refractivity contribution in [2.75, 3.05) is 13.1 Å². The van der Waals surface area contributed by atoms with Crippen molar-refractivity contribution in [3.63, 3.8) is 0 Å². The molecular weight excluding hydrogens is 300 g/mol. The first kappa shape index (κ1) is 12.6. The fourth-order valence-corrected chi connectivity index (χ4v) is 3.41. The second-order valence-corrected chi connectivity index (χ2v) is 6.33. The molecule has 1 aliphatic heterocycles. The zero-order valence-electron chi connectivity index (χ0n) is 9.57. The number of thiophene rings is 1. The van der Waals surface area contributed by atoms with Gasteiger partial charge in [-0.3, -0.25) is 4.79 Å². The molecule has 0 aliphatic carbocycles. The van der Waals surface area contributed by atoms with E-state index in [-0.39, 0.29) is 11.3 Å². The van der Waals surface area contributed by atoms with Crippen LogP contribution in [-0.2, 0) is 0 Å². The molecule has 0 N–H and O–H groups in total. The SMILES string of the molecule is CC1(C#N)CCN(C(=O)c2sccc2Br)CC1. The van der Waals surface area contributed by atoms with E-state index in [2.05, 4.69) is 22.0 Å². The number of piperidine rings is 1. The molecule has 17 heavy (non-hydrogen) atoms. The molecule has 0 saturated carbocycles. The van der Waals surface area contributed by atoms with Crippen LogP contribution in [0.15, 0.2) is 15.9 Å². The van der Waals surface area contributed by atoms with E-state index in [1.165, 1.54) is 11.3 Å². The lowest BCUT2D eigenvalue weighted by Crippen LogP contribution is -2.41. The number of likely N-dealkylation sites (tertiary alicyclic amines) is 1. The van der Waals surface area contributed by atoms with Gasteiger partial charge in [-0.15, -0.1) is 11.3 Å². The lowest BCUT2D eigenvalue weighted by Gasteiger charge is -2.34. The molecule has 0 unspecified atom stereocenters. The topological polar surface area (TPSA) is 44.1 Å². The molecule has 90 valence electrons. The van der Waals surface area contributed by atoms with Gasteiger partial charge in [-0.1, -0.05) is 0 Å². The van der Waals surface area contributed by atoms with E-state index in [4.69, 9.17) is 5.26 Å². The van der Waals surface area contributed by atoms with Crippen molar-refractivity contribution in [2.24, 2.45) is 5.41 Å². The number of hydrogen-bond donors (Lipinski definition) is 0. The number of nitriles is 1. The Hall–Kier alpha value is -0.860. The Labute approximate surface area is 113 Å². The number of rotatable bonds is 1. The summed E-state index contributed by atoms with van der Waals surface area (Å²) < 4.78 is 0.862. The van der Waals surface area contributed by atoms with Crippen LogP contribution in [0, 0.1) is 16.7 Å². The number of nitrogens with zero attached hydrogens (tertiary/aromatic N) is 2. The molecule has 2 heterocycles. The van der Waals surface area contributed by atoms with Crippen molar-refractivity contribution in [1.82, 2.24) is 4.90 Å². The predicted molar refractivity (Wildman–Crippen MR) is 70.9 cm³/mol. The van der Waals surface area contributed by atoms with Crippen LogP contribution in [-0.4, -0.2) is 23.9 Å². The van der Waals surface area contributed by atoms with Crippen LogP contribution in [0.3, 0.4) is 0 Å². The van der Waals surface area contributed by atoms with Gasteiger partial charge in [0, 0.05) is 17.6 Å². The van der Waals surface area contributed by atoms with Gasteiger partial charge in [-0.2, -0.15) is 5.26 Å². The van der Waals surface area contributed by atoms with Gasteiger partial charge in [0.05, 0.1) is 11.5 Å². The maximum Gasteiger partial charge on any atom is 0.265 e. The fourth-order valence-electron chi connectivity index (χ4n) is 1.91. The highest BCUT2D eigenvalue weighted by Crippen LogP contribution is 2.32. The number of carbonyl (C=O) groups is 1. The highest BCUT2D eigenvalue weighted by Gasteiger charge is 2.32. The van der Waals surface area contributed by atoms with Crippen molar-refractivity contribution in [3.05, 3.63) is 20.8 Å². The maximum absolute atomic E-state index is 12.2. The normalized spacial score (nSPS) is 18.8. The van der Waals surface area contributed by atoms with Crippen LogP contribution in [0.25, 0.3) is 0 Å². The Morgan fingerprint density at radius 1 is 1.59 bits per heavy atom. The van der Waals surface area contributed by atoms with E-state index in [9.17, 15) is 4.79 Å². The van der Waals surface area contributed by atoms with Crippen molar-refractivity contribution in [1.29, 1.82) is 5.26 Å². The third-order valence-electron chi connectivity index (χ3n) is 3.24. The van der Waals surface area contributed by atoms with Crippen molar-refractivity contribution >= 4 is 33.2 Å². The van der Waals surface area contributed by atoms with Crippen molar-refractivity contribution < 1.29 is 4.79 Å². The molecule has 3 nitrogen and oxygen atoms in total. The second kappa shape index (κ2) is 4.79. The minimum atomic E-state index is -0.260.